The predicted molar refractivity (Wildman–Crippen MR) is 135 cm³/mol. The van der Waals surface area contributed by atoms with Gasteiger partial charge in [0.15, 0.2) is 0 Å². The van der Waals surface area contributed by atoms with E-state index in [0.717, 1.165) is 49.5 Å². The molecule has 1 aromatic heterocycles. The second kappa shape index (κ2) is 12.9. The molecule has 1 aliphatic rings. The second-order valence-electron chi connectivity index (χ2n) is 8.68. The largest absolute Gasteiger partial charge is 0.492 e. The van der Waals surface area contributed by atoms with Crippen LogP contribution in [0.5, 0.6) is 11.5 Å². The minimum Gasteiger partial charge on any atom is -0.492 e. The van der Waals surface area contributed by atoms with E-state index in [-0.39, 0.29) is 5.91 Å². The van der Waals surface area contributed by atoms with Crippen LogP contribution in [0.25, 0.3) is 0 Å². The number of pyridine rings is 1. The van der Waals surface area contributed by atoms with Gasteiger partial charge >= 0.3 is 0 Å². The molecule has 35 heavy (non-hydrogen) atoms. The number of hydrogen-bond donors (Lipinski definition) is 1. The minimum atomic E-state index is -0.152. The maximum atomic E-state index is 12.7. The van der Waals surface area contributed by atoms with Crippen LogP contribution in [0.3, 0.4) is 0 Å². The van der Waals surface area contributed by atoms with Crippen molar-refractivity contribution in [3.63, 3.8) is 0 Å². The van der Waals surface area contributed by atoms with Crippen LogP contribution in [-0.4, -0.2) is 55.2 Å². The Bertz CT molecular complexity index is 1070. The highest BCUT2D eigenvalue weighted by Gasteiger charge is 2.18. The van der Waals surface area contributed by atoms with E-state index in [0.29, 0.717) is 37.1 Å². The molecule has 4 rings (SSSR count). The number of benzene rings is 2. The van der Waals surface area contributed by atoms with Gasteiger partial charge in [0.1, 0.15) is 24.7 Å². The topological polar surface area (TPSA) is 72.9 Å². The monoisotopic (exact) mass is 475 g/mol. The van der Waals surface area contributed by atoms with Gasteiger partial charge in [0.25, 0.3) is 5.91 Å². The van der Waals surface area contributed by atoms with Crippen LogP contribution in [0.2, 0.25) is 0 Å². The van der Waals surface area contributed by atoms with Crippen molar-refractivity contribution in [1.29, 1.82) is 0 Å². The average molecular weight is 476 g/mol. The highest BCUT2D eigenvalue weighted by atomic mass is 16.5. The van der Waals surface area contributed by atoms with E-state index in [4.69, 9.17) is 14.2 Å². The first-order chi connectivity index (χ1) is 17.2. The first-order valence-corrected chi connectivity index (χ1v) is 12.1. The first kappa shape index (κ1) is 24.7. The number of amides is 1. The van der Waals surface area contributed by atoms with Crippen LogP contribution in [0.4, 0.5) is 0 Å². The minimum absolute atomic E-state index is 0.152. The van der Waals surface area contributed by atoms with Crippen molar-refractivity contribution in [1.82, 2.24) is 15.2 Å². The average Bonchev–Trinajstić information content (AvgIpc) is 2.92. The van der Waals surface area contributed by atoms with Gasteiger partial charge in [-0.25, -0.2) is 0 Å². The number of aromatic nitrogens is 1. The summed E-state index contributed by atoms with van der Waals surface area (Å²) in [5.74, 6) is 1.30. The molecular weight excluding hydrogens is 442 g/mol. The Labute approximate surface area is 207 Å². The zero-order valence-electron chi connectivity index (χ0n) is 20.2. The summed E-state index contributed by atoms with van der Waals surface area (Å²) in [5.41, 5.74) is 2.51. The molecule has 3 aromatic rings. The van der Waals surface area contributed by atoms with Gasteiger partial charge in [-0.15, -0.1) is 0 Å². The van der Waals surface area contributed by atoms with Crippen LogP contribution < -0.4 is 14.8 Å². The standard InChI is InChI=1S/C28H33N3O4/c1-31(25-10-14-33-15-11-25)13-16-34-26-8-2-5-22(17-26)20-30-28(32)24-7-3-9-27(18-24)35-21-23-6-4-12-29-19-23/h2-9,12,17-19,25H,10-11,13-16,20-21H2,1H3,(H,30,32). The molecular formula is C28H33N3O4. The number of likely N-dealkylation sites (N-methyl/N-ethyl adjacent to an activating group) is 1. The van der Waals surface area contributed by atoms with Crippen LogP contribution in [0.1, 0.15) is 34.3 Å². The highest BCUT2D eigenvalue weighted by molar-refractivity contribution is 5.94. The van der Waals surface area contributed by atoms with E-state index in [1.165, 1.54) is 0 Å². The SMILES string of the molecule is CN(CCOc1cccc(CNC(=O)c2cccc(OCc3cccnc3)c2)c1)C1CCOCC1. The van der Waals surface area contributed by atoms with Gasteiger partial charge in [-0.3, -0.25) is 14.7 Å². The first-order valence-electron chi connectivity index (χ1n) is 12.1. The summed E-state index contributed by atoms with van der Waals surface area (Å²) in [5, 5.41) is 2.98. The Morgan fingerprint density at radius 3 is 2.60 bits per heavy atom. The molecule has 2 aromatic carbocycles. The summed E-state index contributed by atoms with van der Waals surface area (Å²) in [7, 11) is 2.14. The number of carbonyl (C=O) groups is 1. The molecule has 7 nitrogen and oxygen atoms in total. The van der Waals surface area contributed by atoms with E-state index < -0.39 is 0 Å². The molecule has 184 valence electrons. The fourth-order valence-electron chi connectivity index (χ4n) is 4.02. The maximum Gasteiger partial charge on any atom is 0.251 e. The smallest absolute Gasteiger partial charge is 0.251 e. The van der Waals surface area contributed by atoms with Crippen LogP contribution >= 0.6 is 0 Å². The molecule has 7 heteroatoms. The van der Waals surface area contributed by atoms with Gasteiger partial charge in [-0.1, -0.05) is 24.3 Å². The van der Waals surface area contributed by atoms with Gasteiger partial charge < -0.3 is 19.5 Å². The highest BCUT2D eigenvalue weighted by Crippen LogP contribution is 2.17. The molecule has 0 aliphatic carbocycles. The summed E-state index contributed by atoms with van der Waals surface area (Å²) in [6, 6.07) is 19.4. The summed E-state index contributed by atoms with van der Waals surface area (Å²) in [4.78, 5) is 19.1. The summed E-state index contributed by atoms with van der Waals surface area (Å²) < 4.78 is 17.2. The molecule has 0 spiro atoms. The van der Waals surface area contributed by atoms with Crippen LogP contribution in [0, 0.1) is 0 Å². The number of rotatable bonds is 11. The number of hydrogen-bond acceptors (Lipinski definition) is 6. The molecule has 0 unspecified atom stereocenters. The zero-order chi connectivity index (χ0) is 24.3. The number of carbonyl (C=O) groups excluding carboxylic acids is 1. The molecule has 1 fully saturated rings. The van der Waals surface area contributed by atoms with Crippen molar-refractivity contribution < 1.29 is 19.0 Å². The Kier molecular flexibility index (Phi) is 9.09. The third kappa shape index (κ3) is 7.80. The third-order valence-corrected chi connectivity index (χ3v) is 6.10. The van der Waals surface area contributed by atoms with Crippen LogP contribution in [-0.2, 0) is 17.9 Å². The van der Waals surface area contributed by atoms with Crippen molar-refractivity contribution in [3.05, 3.63) is 89.7 Å². The Morgan fingerprint density at radius 1 is 1.03 bits per heavy atom. The molecule has 0 bridgehead atoms. The van der Waals surface area contributed by atoms with Crippen molar-refractivity contribution in [2.24, 2.45) is 0 Å². The van der Waals surface area contributed by atoms with Crippen molar-refractivity contribution in [2.75, 3.05) is 33.4 Å². The van der Waals surface area contributed by atoms with E-state index in [1.54, 1.807) is 24.5 Å². The number of ether oxygens (including phenoxy) is 3. The lowest BCUT2D eigenvalue weighted by molar-refractivity contribution is 0.0392. The normalized spacial score (nSPS) is 14.0. The fourth-order valence-corrected chi connectivity index (χ4v) is 4.02. The lowest BCUT2D eigenvalue weighted by Gasteiger charge is -2.31. The van der Waals surface area contributed by atoms with E-state index in [1.807, 2.05) is 48.5 Å². The fraction of sp³-hybridized carbons (Fsp3) is 0.357. The van der Waals surface area contributed by atoms with Gasteiger partial charge in [-0.2, -0.15) is 0 Å². The van der Waals surface area contributed by atoms with Crippen molar-refractivity contribution >= 4 is 5.91 Å². The van der Waals surface area contributed by atoms with Crippen molar-refractivity contribution in [2.45, 2.75) is 32.0 Å². The predicted octanol–water partition coefficient (Wildman–Crippen LogP) is 4.08. The lowest BCUT2D eigenvalue weighted by Crippen LogP contribution is -2.38. The quantitative estimate of drug-likeness (QED) is 0.451. The summed E-state index contributed by atoms with van der Waals surface area (Å²) in [6.07, 6.45) is 5.64. The molecule has 1 saturated heterocycles. The zero-order valence-corrected chi connectivity index (χ0v) is 20.2. The van der Waals surface area contributed by atoms with Crippen LogP contribution in [0.15, 0.2) is 73.1 Å². The van der Waals surface area contributed by atoms with Gasteiger partial charge in [0.05, 0.1) is 0 Å². The van der Waals surface area contributed by atoms with Gasteiger partial charge in [-0.05, 0) is 61.9 Å². The molecule has 0 radical (unpaired) electrons. The third-order valence-electron chi connectivity index (χ3n) is 6.10. The van der Waals surface area contributed by atoms with Gasteiger partial charge in [0.2, 0.25) is 0 Å². The summed E-state index contributed by atoms with van der Waals surface area (Å²) in [6.45, 7) is 3.98. The summed E-state index contributed by atoms with van der Waals surface area (Å²) >= 11 is 0. The lowest BCUT2D eigenvalue weighted by atomic mass is 10.1. The molecule has 1 aliphatic heterocycles. The Morgan fingerprint density at radius 2 is 1.80 bits per heavy atom. The molecule has 1 N–H and O–H groups in total. The Balaban J connectivity index is 1.23. The molecule has 2 heterocycles. The van der Waals surface area contributed by atoms with E-state index in [2.05, 4.69) is 22.2 Å². The van der Waals surface area contributed by atoms with Gasteiger partial charge in [0, 0.05) is 55.9 Å². The van der Waals surface area contributed by atoms with E-state index >= 15 is 0 Å². The van der Waals surface area contributed by atoms with E-state index in [9.17, 15) is 4.79 Å². The number of nitrogens with one attached hydrogen (secondary N) is 1. The second-order valence-corrected chi connectivity index (χ2v) is 8.68. The van der Waals surface area contributed by atoms with Crippen molar-refractivity contribution in [3.8, 4) is 11.5 Å². The Hall–Kier alpha value is -3.42. The maximum absolute atomic E-state index is 12.7. The molecule has 0 saturated carbocycles. The number of nitrogens with zero attached hydrogens (tertiary/aromatic N) is 2. The molecule has 0 atom stereocenters. The molecule has 1 amide bonds.